The van der Waals surface area contributed by atoms with Crippen LogP contribution in [0.2, 0.25) is 0 Å². The van der Waals surface area contributed by atoms with Crippen LogP contribution in [-0.4, -0.2) is 0 Å². The van der Waals surface area contributed by atoms with Crippen LogP contribution >= 0.6 is 0 Å². The summed E-state index contributed by atoms with van der Waals surface area (Å²) in [6.07, 6.45) is 0. The molecule has 0 bridgehead atoms. The van der Waals surface area contributed by atoms with E-state index in [1.54, 1.807) is 13.0 Å². The van der Waals surface area contributed by atoms with Crippen molar-refractivity contribution in [3.8, 4) is 0 Å². The Bertz CT molecular complexity index is 535. The summed E-state index contributed by atoms with van der Waals surface area (Å²) >= 11 is 0. The third-order valence-electron chi connectivity index (χ3n) is 3.11. The van der Waals surface area contributed by atoms with Gasteiger partial charge >= 0.3 is 0 Å². The van der Waals surface area contributed by atoms with Gasteiger partial charge in [-0.15, -0.1) is 0 Å². The first kappa shape index (κ1) is 12.7. The Balaban J connectivity index is 2.38. The van der Waals surface area contributed by atoms with Crippen molar-refractivity contribution in [2.45, 2.75) is 19.9 Å². The predicted molar refractivity (Wildman–Crippen MR) is 71.5 cm³/mol. The summed E-state index contributed by atoms with van der Waals surface area (Å²) in [5, 5.41) is 0. The van der Waals surface area contributed by atoms with E-state index in [4.69, 9.17) is 5.84 Å². The van der Waals surface area contributed by atoms with Gasteiger partial charge in [-0.1, -0.05) is 42.0 Å². The molecular formula is C15H17FN2. The van der Waals surface area contributed by atoms with Crippen molar-refractivity contribution in [1.29, 1.82) is 0 Å². The van der Waals surface area contributed by atoms with Gasteiger partial charge < -0.3 is 0 Å². The third-order valence-corrected chi connectivity index (χ3v) is 3.11. The van der Waals surface area contributed by atoms with Crippen molar-refractivity contribution in [1.82, 2.24) is 5.43 Å². The normalized spacial score (nSPS) is 12.4. The van der Waals surface area contributed by atoms with Crippen molar-refractivity contribution in [2.24, 2.45) is 5.84 Å². The highest BCUT2D eigenvalue weighted by Gasteiger charge is 2.13. The second-order valence-electron chi connectivity index (χ2n) is 4.52. The molecular weight excluding hydrogens is 227 g/mol. The summed E-state index contributed by atoms with van der Waals surface area (Å²) in [6.45, 7) is 3.77. The first-order valence-electron chi connectivity index (χ1n) is 5.90. The molecule has 18 heavy (non-hydrogen) atoms. The molecule has 0 aliphatic heterocycles. The van der Waals surface area contributed by atoms with Crippen molar-refractivity contribution >= 4 is 0 Å². The molecule has 2 aromatic rings. The SMILES string of the molecule is Cc1ccc(C(NN)c2ccc(C)c(F)c2)cc1. The largest absolute Gasteiger partial charge is 0.271 e. The van der Waals surface area contributed by atoms with Gasteiger partial charge in [0.15, 0.2) is 0 Å². The van der Waals surface area contributed by atoms with Crippen molar-refractivity contribution in [2.75, 3.05) is 0 Å². The van der Waals surface area contributed by atoms with Gasteiger partial charge in [0.1, 0.15) is 5.82 Å². The van der Waals surface area contributed by atoms with Crippen LogP contribution < -0.4 is 11.3 Å². The van der Waals surface area contributed by atoms with Gasteiger partial charge in [0, 0.05) is 0 Å². The van der Waals surface area contributed by atoms with Crippen LogP contribution in [0.5, 0.6) is 0 Å². The third kappa shape index (κ3) is 2.58. The number of nitrogens with one attached hydrogen (secondary N) is 1. The fourth-order valence-electron chi connectivity index (χ4n) is 1.93. The molecule has 0 fully saturated rings. The smallest absolute Gasteiger partial charge is 0.126 e. The van der Waals surface area contributed by atoms with E-state index in [0.29, 0.717) is 5.56 Å². The van der Waals surface area contributed by atoms with E-state index < -0.39 is 0 Å². The first-order chi connectivity index (χ1) is 8.61. The molecule has 0 spiro atoms. The number of rotatable bonds is 3. The molecule has 1 atom stereocenters. The van der Waals surface area contributed by atoms with Crippen LogP contribution in [0.3, 0.4) is 0 Å². The predicted octanol–water partition coefficient (Wildman–Crippen LogP) is 3.00. The summed E-state index contributed by atoms with van der Waals surface area (Å²) in [7, 11) is 0. The molecule has 3 heteroatoms. The van der Waals surface area contributed by atoms with Gasteiger partial charge in [-0.25, -0.2) is 9.82 Å². The number of hydrogen-bond donors (Lipinski definition) is 2. The molecule has 0 aromatic heterocycles. The van der Waals surface area contributed by atoms with E-state index in [-0.39, 0.29) is 11.9 Å². The molecule has 0 amide bonds. The zero-order valence-electron chi connectivity index (χ0n) is 10.6. The zero-order chi connectivity index (χ0) is 13.1. The number of hydrazine groups is 1. The maximum absolute atomic E-state index is 13.6. The molecule has 1 unspecified atom stereocenters. The maximum atomic E-state index is 13.6. The lowest BCUT2D eigenvalue weighted by Crippen LogP contribution is -2.28. The van der Waals surface area contributed by atoms with Crippen molar-refractivity contribution < 1.29 is 4.39 Å². The fourth-order valence-corrected chi connectivity index (χ4v) is 1.93. The Kier molecular flexibility index (Phi) is 3.75. The Morgan fingerprint density at radius 1 is 1.00 bits per heavy atom. The summed E-state index contributed by atoms with van der Waals surface area (Å²) in [4.78, 5) is 0. The van der Waals surface area contributed by atoms with Gasteiger partial charge in [0.25, 0.3) is 0 Å². The molecule has 2 aromatic carbocycles. The molecule has 0 saturated carbocycles. The lowest BCUT2D eigenvalue weighted by atomic mass is 9.97. The zero-order valence-corrected chi connectivity index (χ0v) is 10.6. The lowest BCUT2D eigenvalue weighted by molar-refractivity contribution is 0.599. The van der Waals surface area contributed by atoms with Gasteiger partial charge in [-0.2, -0.15) is 0 Å². The molecule has 2 nitrogen and oxygen atoms in total. The van der Waals surface area contributed by atoms with E-state index in [1.165, 1.54) is 11.6 Å². The molecule has 94 valence electrons. The monoisotopic (exact) mass is 244 g/mol. The lowest BCUT2D eigenvalue weighted by Gasteiger charge is -2.17. The average molecular weight is 244 g/mol. The minimum absolute atomic E-state index is 0.194. The molecule has 0 aliphatic rings. The summed E-state index contributed by atoms with van der Waals surface area (Å²) in [5.74, 6) is 5.38. The summed E-state index contributed by atoms with van der Waals surface area (Å²) in [6, 6.07) is 13.0. The van der Waals surface area contributed by atoms with Gasteiger partial charge in [0.2, 0.25) is 0 Å². The standard InChI is InChI=1S/C15H17FN2/c1-10-3-6-12(7-4-10)15(18-17)13-8-5-11(2)14(16)9-13/h3-9,15,18H,17H2,1-2H3. The number of aryl methyl sites for hydroxylation is 2. The second kappa shape index (κ2) is 5.29. The fraction of sp³-hybridized carbons (Fsp3) is 0.200. The van der Waals surface area contributed by atoms with E-state index in [1.807, 2.05) is 37.3 Å². The van der Waals surface area contributed by atoms with Crippen LogP contribution in [0.25, 0.3) is 0 Å². The quantitative estimate of drug-likeness (QED) is 0.643. The van der Waals surface area contributed by atoms with Crippen molar-refractivity contribution in [3.05, 3.63) is 70.5 Å². The summed E-state index contributed by atoms with van der Waals surface area (Å²) < 4.78 is 13.6. The highest BCUT2D eigenvalue weighted by Crippen LogP contribution is 2.23. The molecule has 2 rings (SSSR count). The minimum Gasteiger partial charge on any atom is -0.271 e. The highest BCUT2D eigenvalue weighted by molar-refractivity contribution is 5.35. The average Bonchev–Trinajstić information content (AvgIpc) is 2.37. The van der Waals surface area contributed by atoms with Crippen LogP contribution in [0.4, 0.5) is 4.39 Å². The Morgan fingerprint density at radius 3 is 2.17 bits per heavy atom. The van der Waals surface area contributed by atoms with Crippen LogP contribution in [-0.2, 0) is 0 Å². The summed E-state index contributed by atoms with van der Waals surface area (Å²) in [5.41, 5.74) is 6.40. The van der Waals surface area contributed by atoms with Crippen molar-refractivity contribution in [3.63, 3.8) is 0 Å². The van der Waals surface area contributed by atoms with Gasteiger partial charge in [0.05, 0.1) is 6.04 Å². The minimum atomic E-state index is -0.208. The number of hydrogen-bond acceptors (Lipinski definition) is 2. The first-order valence-corrected chi connectivity index (χ1v) is 5.90. The Morgan fingerprint density at radius 2 is 1.61 bits per heavy atom. The maximum Gasteiger partial charge on any atom is 0.126 e. The highest BCUT2D eigenvalue weighted by atomic mass is 19.1. The van der Waals surface area contributed by atoms with Crippen LogP contribution in [0.1, 0.15) is 28.3 Å². The molecule has 0 saturated heterocycles. The molecule has 0 heterocycles. The van der Waals surface area contributed by atoms with E-state index in [9.17, 15) is 4.39 Å². The topological polar surface area (TPSA) is 38.0 Å². The molecule has 0 radical (unpaired) electrons. The van der Waals surface area contributed by atoms with Crippen LogP contribution in [0.15, 0.2) is 42.5 Å². The van der Waals surface area contributed by atoms with E-state index >= 15 is 0 Å². The number of benzene rings is 2. The van der Waals surface area contributed by atoms with Gasteiger partial charge in [-0.05, 0) is 36.6 Å². The second-order valence-corrected chi connectivity index (χ2v) is 4.52. The number of halogens is 1. The number of nitrogens with two attached hydrogens (primary N) is 1. The van der Waals surface area contributed by atoms with E-state index in [2.05, 4.69) is 5.43 Å². The Labute approximate surface area is 107 Å². The Hall–Kier alpha value is -1.71. The molecule has 0 aliphatic carbocycles. The van der Waals surface area contributed by atoms with E-state index in [0.717, 1.165) is 11.1 Å². The van der Waals surface area contributed by atoms with Gasteiger partial charge in [-0.3, -0.25) is 5.84 Å². The van der Waals surface area contributed by atoms with Crippen LogP contribution in [0, 0.1) is 19.7 Å². The molecule has 3 N–H and O–H groups in total.